The molecule has 6 heteroatoms. The number of nitrogens with two attached hydrogens (primary N) is 1. The summed E-state index contributed by atoms with van der Waals surface area (Å²) in [7, 11) is 0. The molecule has 0 aromatic heterocycles. The lowest BCUT2D eigenvalue weighted by molar-refractivity contribution is 0.114. The van der Waals surface area contributed by atoms with Crippen molar-refractivity contribution in [3.05, 3.63) is 42.0 Å². The van der Waals surface area contributed by atoms with Crippen molar-refractivity contribution in [1.82, 2.24) is 5.32 Å². The smallest absolute Gasteiger partial charge is 0.188 e. The fraction of sp³-hybridized carbons (Fsp3) is 0.400. The number of hydrogen-bond acceptors (Lipinski definition) is 3. The fourth-order valence-corrected chi connectivity index (χ4v) is 1.45. The zero-order chi connectivity index (χ0) is 15.0. The molecule has 0 saturated carbocycles. The zero-order valence-electron chi connectivity index (χ0n) is 12.5. The topological polar surface area (TPSA) is 79.9 Å². The molecule has 0 aliphatic heterocycles. The summed E-state index contributed by atoms with van der Waals surface area (Å²) in [6.45, 7) is 8.58. The van der Waals surface area contributed by atoms with Crippen LogP contribution in [0.25, 0.3) is 0 Å². The molecule has 21 heavy (non-hydrogen) atoms. The Bertz CT molecular complexity index is 478. The first-order chi connectivity index (χ1) is 9.47. The van der Waals surface area contributed by atoms with Crippen molar-refractivity contribution in [1.29, 1.82) is 0 Å². The average molecular weight is 405 g/mol. The first kappa shape index (κ1) is 19.7. The van der Waals surface area contributed by atoms with Crippen molar-refractivity contribution in [2.75, 3.05) is 19.7 Å². The monoisotopic (exact) mass is 405 g/mol. The van der Waals surface area contributed by atoms with Gasteiger partial charge in [0.1, 0.15) is 18.5 Å². The second kappa shape index (κ2) is 10.4. The van der Waals surface area contributed by atoms with E-state index in [-0.39, 0.29) is 37.1 Å². The first-order valence-electron chi connectivity index (χ1n) is 6.53. The van der Waals surface area contributed by atoms with Crippen molar-refractivity contribution < 1.29 is 9.84 Å². The van der Waals surface area contributed by atoms with E-state index < -0.39 is 6.10 Å². The molecule has 0 bridgehead atoms. The van der Waals surface area contributed by atoms with Gasteiger partial charge in [0.2, 0.25) is 0 Å². The van der Waals surface area contributed by atoms with Crippen molar-refractivity contribution in [3.8, 4) is 5.75 Å². The van der Waals surface area contributed by atoms with E-state index in [0.717, 1.165) is 16.9 Å². The number of aryl methyl sites for hydroxylation is 1. The van der Waals surface area contributed by atoms with Gasteiger partial charge in [0.25, 0.3) is 0 Å². The lowest BCUT2D eigenvalue weighted by Crippen LogP contribution is -2.34. The van der Waals surface area contributed by atoms with Crippen LogP contribution < -0.4 is 15.8 Å². The Hall–Kier alpha value is -1.28. The van der Waals surface area contributed by atoms with Crippen LogP contribution in [0.3, 0.4) is 0 Å². The number of nitrogens with zero attached hydrogens (tertiary/aromatic N) is 1. The normalized spacial score (nSPS) is 12.2. The molecule has 1 atom stereocenters. The number of halogens is 1. The maximum Gasteiger partial charge on any atom is 0.188 e. The van der Waals surface area contributed by atoms with Gasteiger partial charge in [0.05, 0.1) is 6.54 Å². The van der Waals surface area contributed by atoms with Gasteiger partial charge in [-0.2, -0.15) is 0 Å². The standard InChI is InChI=1S/C15H23N3O2.HI/c1-11(2)8-17-15(16)18-9-13(19)10-20-14-6-4-5-12(3)7-14;/h4-7,13,19H,1,8-10H2,2-3H3,(H3,16,17,18);1H. The molecule has 0 aliphatic carbocycles. The molecule has 0 spiro atoms. The minimum absolute atomic E-state index is 0. The number of aliphatic imine (C=N–C) groups is 1. The number of aliphatic hydroxyl groups excluding tert-OH is 1. The Labute approximate surface area is 143 Å². The Morgan fingerprint density at radius 3 is 2.86 bits per heavy atom. The maximum absolute atomic E-state index is 9.77. The van der Waals surface area contributed by atoms with E-state index in [2.05, 4.69) is 16.9 Å². The lowest BCUT2D eigenvalue weighted by Gasteiger charge is -2.11. The summed E-state index contributed by atoms with van der Waals surface area (Å²) in [6.07, 6.45) is -0.694. The van der Waals surface area contributed by atoms with E-state index in [1.165, 1.54) is 0 Å². The van der Waals surface area contributed by atoms with E-state index in [4.69, 9.17) is 10.5 Å². The number of hydrogen-bond donors (Lipinski definition) is 3. The Morgan fingerprint density at radius 2 is 2.24 bits per heavy atom. The number of nitrogens with one attached hydrogen (secondary N) is 1. The molecule has 1 unspecified atom stereocenters. The van der Waals surface area contributed by atoms with Crippen LogP contribution in [0.15, 0.2) is 41.4 Å². The fourth-order valence-electron chi connectivity index (χ4n) is 1.45. The molecule has 0 fully saturated rings. The largest absolute Gasteiger partial charge is 0.491 e. The highest BCUT2D eigenvalue weighted by Crippen LogP contribution is 2.12. The van der Waals surface area contributed by atoms with Gasteiger partial charge in [-0.25, -0.2) is 0 Å². The van der Waals surface area contributed by atoms with Crippen molar-refractivity contribution >= 4 is 29.9 Å². The average Bonchev–Trinajstić information content (AvgIpc) is 2.40. The summed E-state index contributed by atoms with van der Waals surface area (Å²) in [4.78, 5) is 4.04. The van der Waals surface area contributed by atoms with Gasteiger partial charge >= 0.3 is 0 Å². The summed E-state index contributed by atoms with van der Waals surface area (Å²) in [5.74, 6) is 1.03. The van der Waals surface area contributed by atoms with Crippen LogP contribution in [-0.2, 0) is 0 Å². The highest BCUT2D eigenvalue weighted by atomic mass is 127. The van der Waals surface area contributed by atoms with Crippen LogP contribution in [0.4, 0.5) is 0 Å². The predicted octanol–water partition coefficient (Wildman–Crippen LogP) is 1.83. The van der Waals surface area contributed by atoms with Crippen LogP contribution >= 0.6 is 24.0 Å². The highest BCUT2D eigenvalue weighted by Gasteiger charge is 2.05. The number of guanidine groups is 1. The van der Waals surface area contributed by atoms with Crippen molar-refractivity contribution in [2.24, 2.45) is 10.7 Å². The molecule has 1 aromatic carbocycles. The minimum atomic E-state index is -0.694. The highest BCUT2D eigenvalue weighted by molar-refractivity contribution is 14.0. The minimum Gasteiger partial charge on any atom is -0.491 e. The van der Waals surface area contributed by atoms with Crippen LogP contribution in [0.1, 0.15) is 12.5 Å². The molecule has 0 aliphatic rings. The number of ether oxygens (including phenoxy) is 1. The van der Waals surface area contributed by atoms with Gasteiger partial charge in [-0.1, -0.05) is 24.3 Å². The third kappa shape index (κ3) is 9.30. The molecule has 0 saturated heterocycles. The number of aliphatic hydroxyl groups is 1. The van der Waals surface area contributed by atoms with Gasteiger partial charge in [-0.05, 0) is 31.5 Å². The summed E-state index contributed by atoms with van der Waals surface area (Å²) in [6, 6.07) is 7.67. The van der Waals surface area contributed by atoms with E-state index in [0.29, 0.717) is 12.5 Å². The zero-order valence-corrected chi connectivity index (χ0v) is 14.8. The molecular weight excluding hydrogens is 381 g/mol. The van der Waals surface area contributed by atoms with Crippen LogP contribution in [0, 0.1) is 6.92 Å². The predicted molar refractivity (Wildman–Crippen MR) is 97.4 cm³/mol. The van der Waals surface area contributed by atoms with E-state index in [1.54, 1.807) is 0 Å². The summed E-state index contributed by atoms with van der Waals surface area (Å²) in [5.41, 5.74) is 7.72. The van der Waals surface area contributed by atoms with Gasteiger partial charge in [0.15, 0.2) is 5.96 Å². The Morgan fingerprint density at radius 1 is 1.52 bits per heavy atom. The van der Waals surface area contributed by atoms with Crippen LogP contribution in [0.2, 0.25) is 0 Å². The Kier molecular flexibility index (Phi) is 9.81. The lowest BCUT2D eigenvalue weighted by atomic mass is 10.2. The molecule has 0 heterocycles. The molecule has 0 amide bonds. The van der Waals surface area contributed by atoms with Crippen LogP contribution in [-0.4, -0.2) is 36.9 Å². The van der Waals surface area contributed by atoms with E-state index in [9.17, 15) is 5.11 Å². The SMILES string of the molecule is C=C(C)CNC(N)=NCC(O)COc1cccc(C)c1.I. The maximum atomic E-state index is 9.77. The number of rotatable bonds is 7. The third-order valence-electron chi connectivity index (χ3n) is 2.48. The van der Waals surface area contributed by atoms with Crippen LogP contribution in [0.5, 0.6) is 5.75 Å². The molecule has 5 nitrogen and oxygen atoms in total. The summed E-state index contributed by atoms with van der Waals surface area (Å²) in [5, 5.41) is 12.7. The van der Waals surface area contributed by atoms with Gasteiger partial charge in [0, 0.05) is 6.54 Å². The second-order valence-electron chi connectivity index (χ2n) is 4.82. The first-order valence-corrected chi connectivity index (χ1v) is 6.53. The van der Waals surface area contributed by atoms with Gasteiger partial charge < -0.3 is 20.9 Å². The van der Waals surface area contributed by atoms with Crippen molar-refractivity contribution in [2.45, 2.75) is 20.0 Å². The number of benzene rings is 1. The molecule has 1 aromatic rings. The molecule has 0 radical (unpaired) electrons. The summed E-state index contributed by atoms with van der Waals surface area (Å²) < 4.78 is 5.48. The van der Waals surface area contributed by atoms with Gasteiger partial charge in [-0.3, -0.25) is 4.99 Å². The molecule has 118 valence electrons. The second-order valence-corrected chi connectivity index (χ2v) is 4.82. The molecular formula is C15H24IN3O2. The third-order valence-corrected chi connectivity index (χ3v) is 2.48. The van der Waals surface area contributed by atoms with Crippen molar-refractivity contribution in [3.63, 3.8) is 0 Å². The quantitative estimate of drug-likeness (QED) is 0.280. The Balaban J connectivity index is 0.00000400. The summed E-state index contributed by atoms with van der Waals surface area (Å²) >= 11 is 0. The van der Waals surface area contributed by atoms with Gasteiger partial charge in [-0.15, -0.1) is 24.0 Å². The van der Waals surface area contributed by atoms with E-state index >= 15 is 0 Å². The molecule has 4 N–H and O–H groups in total. The molecule has 1 rings (SSSR count). The van der Waals surface area contributed by atoms with E-state index in [1.807, 2.05) is 38.1 Å².